The number of halogens is 1. The van der Waals surface area contributed by atoms with Crippen LogP contribution in [-0.2, 0) is 11.3 Å². The van der Waals surface area contributed by atoms with Crippen molar-refractivity contribution in [3.63, 3.8) is 0 Å². The first-order chi connectivity index (χ1) is 20.8. The maximum atomic E-state index is 13.6. The molecule has 7 nitrogen and oxygen atoms in total. The Bertz CT molecular complexity index is 1440. The van der Waals surface area contributed by atoms with Gasteiger partial charge in [0.2, 0.25) is 0 Å². The number of anilines is 2. The largest absolute Gasteiger partial charge is 0.368 e. The third kappa shape index (κ3) is 7.68. The summed E-state index contributed by atoms with van der Waals surface area (Å²) in [7, 11) is 0. The molecule has 0 aliphatic carbocycles. The first-order valence-electron chi connectivity index (χ1n) is 15.5. The Kier molecular flexibility index (Phi) is 11.8. The zero-order valence-electron chi connectivity index (χ0n) is 25.5. The van der Waals surface area contributed by atoms with Crippen molar-refractivity contribution in [2.45, 2.75) is 78.7 Å². The van der Waals surface area contributed by atoms with Crippen LogP contribution in [0.4, 0.5) is 15.9 Å². The lowest BCUT2D eigenvalue weighted by molar-refractivity contribution is -0.122. The van der Waals surface area contributed by atoms with E-state index in [2.05, 4.69) is 29.7 Å². The van der Waals surface area contributed by atoms with E-state index in [0.717, 1.165) is 49.2 Å². The lowest BCUT2D eigenvalue weighted by atomic mass is 10.0. The standard InChI is InChI=1S/C33H42FN5O2S2/c1-4-6-8-9-10-11-17-39-32(41)29(43-33(39)42)22-27-24(3)28(23-35)31(40)38(16-7-5-2)30(27)37-20-18-36(19-21-37)26-14-12-25(34)13-15-26/h12-15,22H,4-11,16-21H2,1-3H3/b29-22+. The van der Waals surface area contributed by atoms with Crippen LogP contribution in [-0.4, -0.2) is 52.4 Å². The van der Waals surface area contributed by atoms with Gasteiger partial charge in [-0.2, -0.15) is 5.26 Å². The van der Waals surface area contributed by atoms with Crippen molar-refractivity contribution in [2.75, 3.05) is 42.5 Å². The highest BCUT2D eigenvalue weighted by molar-refractivity contribution is 8.26. The van der Waals surface area contributed by atoms with Gasteiger partial charge in [0.15, 0.2) is 0 Å². The summed E-state index contributed by atoms with van der Waals surface area (Å²) >= 11 is 6.92. The summed E-state index contributed by atoms with van der Waals surface area (Å²) < 4.78 is 15.8. The zero-order valence-corrected chi connectivity index (χ0v) is 27.2. The molecule has 1 amide bonds. The van der Waals surface area contributed by atoms with E-state index in [4.69, 9.17) is 12.2 Å². The Labute approximate surface area is 264 Å². The van der Waals surface area contributed by atoms with Crippen LogP contribution in [0.1, 0.15) is 81.9 Å². The van der Waals surface area contributed by atoms with Crippen LogP contribution < -0.4 is 15.4 Å². The molecule has 1 aromatic carbocycles. The number of amides is 1. The van der Waals surface area contributed by atoms with Gasteiger partial charge in [-0.15, -0.1) is 0 Å². The number of benzene rings is 1. The molecule has 230 valence electrons. The molecule has 1 aromatic heterocycles. The van der Waals surface area contributed by atoms with E-state index in [1.807, 2.05) is 6.08 Å². The third-order valence-electron chi connectivity index (χ3n) is 8.24. The molecule has 43 heavy (non-hydrogen) atoms. The van der Waals surface area contributed by atoms with Crippen molar-refractivity contribution in [1.29, 1.82) is 5.26 Å². The smallest absolute Gasteiger partial charge is 0.270 e. The lowest BCUT2D eigenvalue weighted by Crippen LogP contribution is -2.48. The van der Waals surface area contributed by atoms with E-state index in [-0.39, 0.29) is 22.8 Å². The number of piperazine rings is 1. The summed E-state index contributed by atoms with van der Waals surface area (Å²) in [5, 5.41) is 9.99. The fraction of sp³-hybridized carbons (Fsp3) is 0.515. The van der Waals surface area contributed by atoms with Crippen LogP contribution >= 0.6 is 24.0 Å². The van der Waals surface area contributed by atoms with E-state index in [1.54, 1.807) is 28.5 Å². The SMILES string of the molecule is CCCCCCCCN1C(=O)/C(=C\c2c(C)c(C#N)c(=O)n(CCCC)c2N2CCN(c3ccc(F)cc3)CC2)SC1=S. The zero-order chi connectivity index (χ0) is 30.9. The van der Waals surface area contributed by atoms with Crippen molar-refractivity contribution in [2.24, 2.45) is 0 Å². The van der Waals surface area contributed by atoms with Crippen LogP contribution in [0.5, 0.6) is 0 Å². The van der Waals surface area contributed by atoms with E-state index in [0.29, 0.717) is 54.1 Å². The van der Waals surface area contributed by atoms with Crippen molar-refractivity contribution in [1.82, 2.24) is 9.47 Å². The molecule has 0 spiro atoms. The molecule has 2 aliphatic rings. The Balaban J connectivity index is 1.66. The number of carbonyl (C=O) groups excluding carboxylic acids is 1. The van der Waals surface area contributed by atoms with E-state index in [1.165, 1.54) is 43.2 Å². The third-order valence-corrected chi connectivity index (χ3v) is 9.61. The normalized spacial score (nSPS) is 16.4. The number of aromatic nitrogens is 1. The average molecular weight is 624 g/mol. The number of thiocarbonyl (C=S) groups is 1. The summed E-state index contributed by atoms with van der Waals surface area (Å²) in [6.07, 6.45) is 10.3. The van der Waals surface area contributed by atoms with Gasteiger partial charge in [0.1, 0.15) is 27.6 Å². The topological polar surface area (TPSA) is 72.6 Å². The predicted molar refractivity (Wildman–Crippen MR) is 179 cm³/mol. The monoisotopic (exact) mass is 623 g/mol. The lowest BCUT2D eigenvalue weighted by Gasteiger charge is -2.39. The Hall–Kier alpha value is -3.16. The van der Waals surface area contributed by atoms with Crippen molar-refractivity contribution >= 4 is 51.8 Å². The first kappa shape index (κ1) is 32.7. The van der Waals surface area contributed by atoms with E-state index in [9.17, 15) is 19.2 Å². The summed E-state index contributed by atoms with van der Waals surface area (Å²) in [6.45, 7) is 9.79. The van der Waals surface area contributed by atoms with Crippen LogP contribution in [0.15, 0.2) is 34.0 Å². The highest BCUT2D eigenvalue weighted by Gasteiger charge is 2.33. The molecule has 0 unspecified atom stereocenters. The van der Waals surface area contributed by atoms with Gasteiger partial charge in [0, 0.05) is 50.5 Å². The second-order valence-corrected chi connectivity index (χ2v) is 12.9. The number of hydrogen-bond donors (Lipinski definition) is 0. The number of hydrogen-bond acceptors (Lipinski definition) is 7. The van der Waals surface area contributed by atoms with Gasteiger partial charge >= 0.3 is 0 Å². The van der Waals surface area contributed by atoms with E-state index >= 15 is 0 Å². The number of rotatable bonds is 13. The molecule has 4 rings (SSSR count). The van der Waals surface area contributed by atoms with Crippen LogP contribution in [0.25, 0.3) is 6.08 Å². The van der Waals surface area contributed by atoms with Gasteiger partial charge in [-0.05, 0) is 55.7 Å². The molecule has 10 heteroatoms. The average Bonchev–Trinajstić information content (AvgIpc) is 3.27. The van der Waals surface area contributed by atoms with Crippen LogP contribution in [0.3, 0.4) is 0 Å². The highest BCUT2D eigenvalue weighted by Crippen LogP contribution is 2.36. The fourth-order valence-electron chi connectivity index (χ4n) is 5.71. The minimum atomic E-state index is -0.294. The minimum absolute atomic E-state index is 0.110. The van der Waals surface area contributed by atoms with Gasteiger partial charge in [0.25, 0.3) is 11.5 Å². The molecule has 0 radical (unpaired) electrons. The summed E-state index contributed by atoms with van der Waals surface area (Å²) in [5.41, 5.74) is 2.07. The number of nitrogens with zero attached hydrogens (tertiary/aromatic N) is 5. The highest BCUT2D eigenvalue weighted by atomic mass is 32.2. The molecular weight excluding hydrogens is 582 g/mol. The molecule has 2 aromatic rings. The van der Waals surface area contributed by atoms with Crippen molar-refractivity contribution in [3.05, 3.63) is 62.0 Å². The molecule has 0 N–H and O–H groups in total. The minimum Gasteiger partial charge on any atom is -0.368 e. The van der Waals surface area contributed by atoms with Crippen molar-refractivity contribution < 1.29 is 9.18 Å². The first-order valence-corrected chi connectivity index (χ1v) is 16.7. The number of pyridine rings is 1. The summed E-state index contributed by atoms with van der Waals surface area (Å²) in [6, 6.07) is 8.64. The Morgan fingerprint density at radius 3 is 2.21 bits per heavy atom. The molecule has 2 fully saturated rings. The van der Waals surface area contributed by atoms with Crippen LogP contribution in [0.2, 0.25) is 0 Å². The molecule has 0 atom stereocenters. The number of thioether (sulfide) groups is 1. The van der Waals surface area contributed by atoms with Crippen molar-refractivity contribution in [3.8, 4) is 6.07 Å². The maximum absolute atomic E-state index is 13.6. The molecule has 0 bridgehead atoms. The van der Waals surface area contributed by atoms with Crippen LogP contribution in [0, 0.1) is 24.1 Å². The number of nitriles is 1. The Morgan fingerprint density at radius 1 is 0.930 bits per heavy atom. The molecule has 2 aliphatic heterocycles. The fourth-order valence-corrected chi connectivity index (χ4v) is 7.00. The Morgan fingerprint density at radius 2 is 1.56 bits per heavy atom. The van der Waals surface area contributed by atoms with Gasteiger partial charge < -0.3 is 9.80 Å². The predicted octanol–water partition coefficient (Wildman–Crippen LogP) is 6.86. The van der Waals surface area contributed by atoms with Gasteiger partial charge in [-0.3, -0.25) is 19.1 Å². The second kappa shape index (κ2) is 15.5. The molecular formula is C33H42FN5O2S2. The van der Waals surface area contributed by atoms with Gasteiger partial charge in [-0.25, -0.2) is 4.39 Å². The van der Waals surface area contributed by atoms with E-state index < -0.39 is 0 Å². The number of carbonyl (C=O) groups is 1. The number of unbranched alkanes of at least 4 members (excludes halogenated alkanes) is 6. The quantitative estimate of drug-likeness (QED) is 0.137. The van der Waals surface area contributed by atoms with Gasteiger partial charge in [0.05, 0.1) is 4.91 Å². The summed E-state index contributed by atoms with van der Waals surface area (Å²) in [4.78, 5) is 33.8. The molecule has 0 saturated carbocycles. The molecule has 3 heterocycles. The summed E-state index contributed by atoms with van der Waals surface area (Å²) in [5.74, 6) is 0.368. The maximum Gasteiger partial charge on any atom is 0.270 e. The van der Waals surface area contributed by atoms with Gasteiger partial charge in [-0.1, -0.05) is 76.4 Å². The second-order valence-electron chi connectivity index (χ2n) is 11.2. The molecule has 2 saturated heterocycles.